The Kier molecular flexibility index (Phi) is 4.24. The number of guanidine groups is 1. The molecule has 0 radical (unpaired) electrons. The van der Waals surface area contributed by atoms with Gasteiger partial charge >= 0.3 is 12.0 Å². The van der Waals surface area contributed by atoms with Crippen LogP contribution in [0, 0.1) is 5.92 Å². The fraction of sp³-hybridized carbons (Fsp3) is 0.200. The van der Waals surface area contributed by atoms with Crippen molar-refractivity contribution in [2.24, 2.45) is 17.4 Å². The number of barbiturate groups is 1. The van der Waals surface area contributed by atoms with Gasteiger partial charge in [-0.25, -0.2) is 4.79 Å². The summed E-state index contributed by atoms with van der Waals surface area (Å²) >= 11 is 0. The van der Waals surface area contributed by atoms with E-state index in [0.717, 1.165) is 4.90 Å². The normalized spacial score (nSPS) is 18.6. The molecule has 19 heavy (non-hydrogen) atoms. The van der Waals surface area contributed by atoms with Gasteiger partial charge in [0.2, 0.25) is 11.8 Å². The molecule has 0 aromatic rings. The molecule has 1 saturated heterocycles. The van der Waals surface area contributed by atoms with Crippen LogP contribution in [0.3, 0.4) is 0 Å². The molecule has 9 nitrogen and oxygen atoms in total. The predicted octanol–water partition coefficient (Wildman–Crippen LogP) is -3.76. The molecular weight excluding hydrogens is 252 g/mol. The number of hydrazine groups is 1. The average Bonchev–Trinajstić information content (AvgIpc) is 2.31. The molecule has 0 spiro atoms. The zero-order valence-electron chi connectivity index (χ0n) is 10.1. The number of amides is 4. The first-order valence-corrected chi connectivity index (χ1v) is 5.24. The molecule has 0 unspecified atom stereocenters. The van der Waals surface area contributed by atoms with Crippen molar-refractivity contribution >= 4 is 23.8 Å². The van der Waals surface area contributed by atoms with E-state index in [1.165, 1.54) is 6.08 Å². The Bertz CT molecular complexity index is 480. The van der Waals surface area contributed by atoms with Crippen LogP contribution in [0.4, 0.5) is 4.79 Å². The van der Waals surface area contributed by atoms with E-state index in [2.05, 4.69) is 23.7 Å². The second-order valence-corrected chi connectivity index (χ2v) is 3.70. The van der Waals surface area contributed by atoms with Crippen LogP contribution in [0.2, 0.25) is 0 Å². The fourth-order valence-corrected chi connectivity index (χ4v) is 1.45. The molecule has 1 atom stereocenters. The minimum Gasteiger partial charge on any atom is -0.289 e. The van der Waals surface area contributed by atoms with Crippen LogP contribution >= 0.6 is 0 Å². The predicted molar refractivity (Wildman–Crippen MR) is 65.6 cm³/mol. The number of rotatable bonds is 5. The third-order valence-corrected chi connectivity index (χ3v) is 2.28. The second kappa shape index (κ2) is 5.67. The molecule has 0 aromatic heterocycles. The monoisotopic (exact) mass is 267 g/mol. The first-order valence-electron chi connectivity index (χ1n) is 5.24. The molecule has 0 bridgehead atoms. The minimum atomic E-state index is -1.26. The number of hydrazone groups is 1. The molecule has 1 aliphatic heterocycles. The lowest BCUT2D eigenvalue weighted by molar-refractivity contribution is -0.519. The lowest BCUT2D eigenvalue weighted by atomic mass is 10.0. The van der Waals surface area contributed by atoms with E-state index in [9.17, 15) is 14.4 Å². The van der Waals surface area contributed by atoms with Crippen molar-refractivity contribution in [2.45, 2.75) is 0 Å². The second-order valence-electron chi connectivity index (χ2n) is 3.70. The highest BCUT2D eigenvalue weighted by Gasteiger charge is 2.41. The fourth-order valence-electron chi connectivity index (χ4n) is 1.45. The molecular formula is C10H15N6O3+. The topological polar surface area (TPSA) is 145 Å². The van der Waals surface area contributed by atoms with Crippen LogP contribution in [-0.2, 0) is 9.59 Å². The number of hydrogen-bond acceptors (Lipinski definition) is 4. The van der Waals surface area contributed by atoms with E-state index in [1.807, 2.05) is 5.32 Å². The third-order valence-electron chi connectivity index (χ3n) is 2.28. The van der Waals surface area contributed by atoms with Crippen LogP contribution in [0.15, 0.2) is 24.9 Å². The van der Waals surface area contributed by atoms with Crippen LogP contribution in [-0.4, -0.2) is 35.2 Å². The summed E-state index contributed by atoms with van der Waals surface area (Å²) in [4.78, 5) is 36.0. The van der Waals surface area contributed by atoms with E-state index in [0.29, 0.717) is 0 Å². The van der Waals surface area contributed by atoms with E-state index >= 15 is 0 Å². The average molecular weight is 267 g/mol. The third kappa shape index (κ3) is 3.09. The van der Waals surface area contributed by atoms with Gasteiger partial charge in [0.05, 0.1) is 5.70 Å². The molecule has 102 valence electrons. The summed E-state index contributed by atoms with van der Waals surface area (Å²) < 4.78 is 0. The van der Waals surface area contributed by atoms with Crippen LogP contribution < -0.4 is 27.3 Å². The largest absolute Gasteiger partial charge is 0.360 e. The van der Waals surface area contributed by atoms with Gasteiger partial charge in [-0.3, -0.25) is 36.7 Å². The van der Waals surface area contributed by atoms with Crippen molar-refractivity contribution in [3.8, 4) is 0 Å². The van der Waals surface area contributed by atoms with Crippen molar-refractivity contribution in [3.05, 3.63) is 24.9 Å². The summed E-state index contributed by atoms with van der Waals surface area (Å²) in [6.45, 7) is 6.94. The van der Waals surface area contributed by atoms with Crippen molar-refractivity contribution in [2.75, 3.05) is 6.54 Å². The summed E-state index contributed by atoms with van der Waals surface area (Å²) in [7, 11) is 0. The van der Waals surface area contributed by atoms with Crippen LogP contribution in [0.5, 0.6) is 0 Å². The molecule has 1 aliphatic rings. The lowest BCUT2D eigenvalue weighted by Crippen LogP contribution is -2.87. The standard InChI is InChI=1S/C10H14N6O3/c1-3-4-16-8(18)6(7(17)13-10(16)19)5(2)14-15-9(11)12/h3,6,14H,1-2,4H2,(H4,11,12,15)(H,13,17,19)/p+1/t6-/m1/s1. The summed E-state index contributed by atoms with van der Waals surface area (Å²) in [5.41, 5.74) is 12.7. The molecule has 0 saturated carbocycles. The summed E-state index contributed by atoms with van der Waals surface area (Å²) in [6, 6.07) is -0.795. The maximum atomic E-state index is 12.0. The van der Waals surface area contributed by atoms with Crippen molar-refractivity contribution in [1.82, 2.24) is 15.6 Å². The smallest absolute Gasteiger partial charge is 0.289 e. The highest BCUT2D eigenvalue weighted by molar-refractivity contribution is 6.17. The van der Waals surface area contributed by atoms with Crippen molar-refractivity contribution in [3.63, 3.8) is 0 Å². The van der Waals surface area contributed by atoms with E-state index in [1.54, 1.807) is 0 Å². The lowest BCUT2D eigenvalue weighted by Gasteiger charge is -2.29. The number of nitrogens with one attached hydrogen (secondary N) is 3. The number of nitrogens with zero attached hydrogens (tertiary/aromatic N) is 1. The van der Waals surface area contributed by atoms with Gasteiger partial charge in [0.25, 0.3) is 0 Å². The van der Waals surface area contributed by atoms with Crippen LogP contribution in [0.1, 0.15) is 0 Å². The highest BCUT2D eigenvalue weighted by Crippen LogP contribution is 2.15. The maximum Gasteiger partial charge on any atom is 0.360 e. The number of hydrogen-bond donors (Lipinski definition) is 5. The van der Waals surface area contributed by atoms with Crippen molar-refractivity contribution < 1.29 is 19.5 Å². The number of carbonyl (C=O) groups excluding carboxylic acids is 3. The summed E-state index contributed by atoms with van der Waals surface area (Å²) in [5.74, 6) is -2.90. The molecule has 1 fully saturated rings. The highest BCUT2D eigenvalue weighted by atomic mass is 16.2. The van der Waals surface area contributed by atoms with Gasteiger partial charge in [0.15, 0.2) is 5.92 Å². The SMILES string of the molecule is C=CCN1C(=O)NC(=O)[C@@H](C(=C)N[NH+]=C(N)N)C1=O. The number of urea groups is 1. The molecule has 1 heterocycles. The first kappa shape index (κ1) is 14.2. The molecule has 9 heteroatoms. The van der Waals surface area contributed by atoms with Crippen LogP contribution in [0.25, 0.3) is 0 Å². The number of imide groups is 2. The quantitative estimate of drug-likeness (QED) is 0.114. The zero-order valence-corrected chi connectivity index (χ0v) is 10.1. The van der Waals surface area contributed by atoms with E-state index < -0.39 is 23.8 Å². The van der Waals surface area contributed by atoms with Gasteiger partial charge in [-0.2, -0.15) is 5.10 Å². The molecule has 7 N–H and O–H groups in total. The zero-order chi connectivity index (χ0) is 14.6. The Morgan fingerprint density at radius 3 is 2.63 bits per heavy atom. The van der Waals surface area contributed by atoms with Crippen molar-refractivity contribution in [1.29, 1.82) is 0 Å². The summed E-state index contributed by atoms with van der Waals surface area (Å²) in [6.07, 6.45) is 1.37. The Balaban J connectivity index is 2.92. The van der Waals surface area contributed by atoms with Gasteiger partial charge in [0, 0.05) is 6.54 Å². The summed E-state index contributed by atoms with van der Waals surface area (Å²) in [5, 5.41) is 4.35. The minimum absolute atomic E-state index is 0.0115. The number of carbonyl (C=O) groups is 3. The Morgan fingerprint density at radius 2 is 2.11 bits per heavy atom. The van der Waals surface area contributed by atoms with Gasteiger partial charge in [-0.05, 0) is 0 Å². The van der Waals surface area contributed by atoms with E-state index in [4.69, 9.17) is 11.5 Å². The van der Waals surface area contributed by atoms with Gasteiger partial charge in [-0.15, -0.1) is 6.58 Å². The van der Waals surface area contributed by atoms with Gasteiger partial charge in [0.1, 0.15) is 0 Å². The number of nitrogens with two attached hydrogens (primary N) is 2. The van der Waals surface area contributed by atoms with Gasteiger partial charge in [-0.1, -0.05) is 12.7 Å². The first-order chi connectivity index (χ1) is 8.88. The Morgan fingerprint density at radius 1 is 1.47 bits per heavy atom. The molecule has 4 amide bonds. The maximum absolute atomic E-state index is 12.0. The molecule has 0 aliphatic carbocycles. The van der Waals surface area contributed by atoms with Gasteiger partial charge < -0.3 is 0 Å². The van der Waals surface area contributed by atoms with E-state index in [-0.39, 0.29) is 18.2 Å². The molecule has 1 rings (SSSR count). The Hall–Kier alpha value is -2.84. The Labute approximate surface area is 109 Å². The molecule has 0 aromatic carbocycles.